The van der Waals surface area contributed by atoms with Crippen molar-refractivity contribution < 1.29 is 20.4 Å². The predicted octanol–water partition coefficient (Wildman–Crippen LogP) is 1.49. The summed E-state index contributed by atoms with van der Waals surface area (Å²) in [7, 11) is 0. The lowest BCUT2D eigenvalue weighted by Crippen LogP contribution is -2.13. The average Bonchev–Trinajstić information content (AvgIpc) is 2.42. The van der Waals surface area contributed by atoms with Crippen molar-refractivity contribution in [2.24, 2.45) is 5.73 Å². The molecule has 0 unspecified atom stereocenters. The number of hydrogen-bond acceptors (Lipinski definition) is 5. The van der Waals surface area contributed by atoms with Gasteiger partial charge in [-0.15, -0.1) is 0 Å². The molecule has 0 aliphatic carbocycles. The highest BCUT2D eigenvalue weighted by atomic mass is 16.5. The number of hydrogen-bond donors (Lipinski definition) is 1. The normalized spacial score (nSPS) is 8.71. The Morgan fingerprint density at radius 3 is 1.59 bits per heavy atom. The molecular weight excluding hydrogens is 222 g/mol. The molecule has 0 rings (SSSR count). The Kier molecular flexibility index (Phi) is 37.8. The zero-order valence-electron chi connectivity index (χ0n) is 11.6. The molecule has 108 valence electrons. The van der Waals surface area contributed by atoms with E-state index >= 15 is 0 Å². The van der Waals surface area contributed by atoms with E-state index in [0.29, 0.717) is 39.6 Å². The van der Waals surface area contributed by atoms with Crippen LogP contribution in [0.4, 0.5) is 0 Å². The second-order valence-corrected chi connectivity index (χ2v) is 2.63. The smallest absolute Gasteiger partial charge is 0.106 e. The Balaban J connectivity index is -0.000000177. The van der Waals surface area contributed by atoms with E-state index in [0.717, 1.165) is 13.0 Å². The van der Waals surface area contributed by atoms with Crippen LogP contribution in [0.2, 0.25) is 0 Å². The van der Waals surface area contributed by atoms with Gasteiger partial charge in [-0.05, 0) is 6.42 Å². The van der Waals surface area contributed by atoms with Gasteiger partial charge in [-0.3, -0.25) is 0 Å². The minimum absolute atomic E-state index is 0. The second-order valence-electron chi connectivity index (χ2n) is 2.63. The van der Waals surface area contributed by atoms with Gasteiger partial charge in [0.25, 0.3) is 0 Å². The fourth-order valence-electron chi connectivity index (χ4n) is 0.770. The molecule has 0 bridgehead atoms. The number of carbonyl (C=O) groups is 1. The molecule has 0 heterocycles. The Hall–Kier alpha value is -0.490. The van der Waals surface area contributed by atoms with Gasteiger partial charge in [0, 0.05) is 14.6 Å². The summed E-state index contributed by atoms with van der Waals surface area (Å²) >= 11 is 0. The SMILES string of the molecule is C=O.CC.CCCOCCOCCOCCN.[HH]. The minimum atomic E-state index is 0. The molecule has 0 aliphatic heterocycles. The maximum absolute atomic E-state index is 8.00. The summed E-state index contributed by atoms with van der Waals surface area (Å²) in [6, 6.07) is 0. The molecule has 2 N–H and O–H groups in total. The largest absolute Gasteiger partial charge is 0.379 e. The van der Waals surface area contributed by atoms with Gasteiger partial charge in [-0.25, -0.2) is 0 Å². The van der Waals surface area contributed by atoms with E-state index in [4.69, 9.17) is 24.7 Å². The molecule has 17 heavy (non-hydrogen) atoms. The average molecular weight is 253 g/mol. The van der Waals surface area contributed by atoms with Gasteiger partial charge < -0.3 is 24.7 Å². The van der Waals surface area contributed by atoms with Crippen LogP contribution in [0.25, 0.3) is 0 Å². The highest BCUT2D eigenvalue weighted by Gasteiger charge is 1.89. The molecule has 0 aromatic rings. The lowest BCUT2D eigenvalue weighted by molar-refractivity contribution is -0.0979. The molecule has 0 saturated carbocycles. The monoisotopic (exact) mass is 253 g/mol. The minimum Gasteiger partial charge on any atom is -0.379 e. The zero-order valence-corrected chi connectivity index (χ0v) is 11.6. The first-order valence-corrected chi connectivity index (χ1v) is 6.14. The predicted molar refractivity (Wildman–Crippen MR) is 72.4 cm³/mol. The van der Waals surface area contributed by atoms with Gasteiger partial charge in [0.05, 0.1) is 33.0 Å². The summed E-state index contributed by atoms with van der Waals surface area (Å²) in [5.41, 5.74) is 5.24. The number of rotatable bonds is 10. The molecule has 5 nitrogen and oxygen atoms in total. The summed E-state index contributed by atoms with van der Waals surface area (Å²) in [5, 5.41) is 0. The highest BCUT2D eigenvalue weighted by molar-refractivity contribution is 5.10. The molecule has 0 radical (unpaired) electrons. The van der Waals surface area contributed by atoms with Crippen LogP contribution in [-0.4, -0.2) is 53.0 Å². The first-order valence-electron chi connectivity index (χ1n) is 6.14. The van der Waals surface area contributed by atoms with Crippen molar-refractivity contribution in [3.63, 3.8) is 0 Å². The maximum Gasteiger partial charge on any atom is 0.106 e. The molecule has 0 aliphatic rings. The van der Waals surface area contributed by atoms with Crippen LogP contribution in [0.5, 0.6) is 0 Å². The van der Waals surface area contributed by atoms with Gasteiger partial charge >= 0.3 is 0 Å². The third-order valence-corrected chi connectivity index (χ3v) is 1.35. The third-order valence-electron chi connectivity index (χ3n) is 1.35. The van der Waals surface area contributed by atoms with Crippen LogP contribution >= 0.6 is 0 Å². The van der Waals surface area contributed by atoms with Crippen molar-refractivity contribution in [1.29, 1.82) is 0 Å². The molecule has 0 amide bonds. The van der Waals surface area contributed by atoms with Crippen molar-refractivity contribution in [1.82, 2.24) is 0 Å². The van der Waals surface area contributed by atoms with Gasteiger partial charge in [0.1, 0.15) is 6.79 Å². The second kappa shape index (κ2) is 29.6. The van der Waals surface area contributed by atoms with E-state index in [1.807, 2.05) is 20.6 Å². The van der Waals surface area contributed by atoms with Crippen molar-refractivity contribution in [3.05, 3.63) is 0 Å². The highest BCUT2D eigenvalue weighted by Crippen LogP contribution is 1.82. The van der Waals surface area contributed by atoms with Gasteiger partial charge in [-0.1, -0.05) is 20.8 Å². The molecule has 0 saturated heterocycles. The standard InChI is InChI=1S/C9H21NO3.C2H6.CH2O.H2/c1-2-4-11-6-8-13-9-7-12-5-3-10;2*1-2;/h2-10H2,1H3;1-2H3;1H2;1H. The van der Waals surface area contributed by atoms with Crippen LogP contribution in [0.1, 0.15) is 28.6 Å². The Morgan fingerprint density at radius 2 is 1.24 bits per heavy atom. The molecule has 5 heteroatoms. The van der Waals surface area contributed by atoms with Crippen molar-refractivity contribution in [2.75, 3.05) is 46.2 Å². The fourth-order valence-corrected chi connectivity index (χ4v) is 0.770. The van der Waals surface area contributed by atoms with Crippen LogP contribution in [-0.2, 0) is 19.0 Å². The maximum atomic E-state index is 8.00. The third kappa shape index (κ3) is 31.3. The first-order chi connectivity index (χ1) is 8.41. The quantitative estimate of drug-likeness (QED) is 0.597. The van der Waals surface area contributed by atoms with Crippen LogP contribution < -0.4 is 5.73 Å². The zero-order chi connectivity index (χ0) is 13.8. The summed E-state index contributed by atoms with van der Waals surface area (Å²) in [5.74, 6) is 0. The van der Waals surface area contributed by atoms with Gasteiger partial charge in [-0.2, -0.15) is 0 Å². The van der Waals surface area contributed by atoms with E-state index in [1.54, 1.807) is 0 Å². The van der Waals surface area contributed by atoms with E-state index < -0.39 is 0 Å². The number of ether oxygens (including phenoxy) is 3. The van der Waals surface area contributed by atoms with E-state index in [-0.39, 0.29) is 1.43 Å². The van der Waals surface area contributed by atoms with Crippen molar-refractivity contribution in [3.8, 4) is 0 Å². The Bertz CT molecular complexity index is 100. The number of nitrogens with two attached hydrogens (primary N) is 1. The van der Waals surface area contributed by atoms with E-state index in [2.05, 4.69) is 6.92 Å². The van der Waals surface area contributed by atoms with E-state index in [9.17, 15) is 0 Å². The van der Waals surface area contributed by atoms with Gasteiger partial charge in [0.15, 0.2) is 0 Å². The summed E-state index contributed by atoms with van der Waals surface area (Å²) < 4.78 is 15.6. The van der Waals surface area contributed by atoms with Crippen LogP contribution in [0.3, 0.4) is 0 Å². The van der Waals surface area contributed by atoms with E-state index in [1.165, 1.54) is 0 Å². The molecule has 0 fully saturated rings. The summed E-state index contributed by atoms with van der Waals surface area (Å²) in [4.78, 5) is 8.00. The summed E-state index contributed by atoms with van der Waals surface area (Å²) in [6.45, 7) is 12.6. The van der Waals surface area contributed by atoms with Crippen molar-refractivity contribution in [2.45, 2.75) is 27.2 Å². The molecule has 0 aromatic heterocycles. The molecule has 0 spiro atoms. The lowest BCUT2D eigenvalue weighted by Gasteiger charge is -2.05. The Morgan fingerprint density at radius 1 is 0.882 bits per heavy atom. The topological polar surface area (TPSA) is 70.8 Å². The van der Waals surface area contributed by atoms with Crippen LogP contribution in [0.15, 0.2) is 0 Å². The molecular formula is C12H31NO4. The fraction of sp³-hybridized carbons (Fsp3) is 0.917. The summed E-state index contributed by atoms with van der Waals surface area (Å²) in [6.07, 6.45) is 1.06. The number of carbonyl (C=O) groups excluding carboxylic acids is 1. The Labute approximate surface area is 107 Å². The first kappa shape index (κ1) is 21.8. The van der Waals surface area contributed by atoms with Gasteiger partial charge in [0.2, 0.25) is 0 Å². The molecule has 0 atom stereocenters. The lowest BCUT2D eigenvalue weighted by atomic mass is 10.5. The van der Waals surface area contributed by atoms with Crippen molar-refractivity contribution >= 4 is 6.79 Å². The molecule has 0 aromatic carbocycles. The van der Waals surface area contributed by atoms with Crippen LogP contribution in [0, 0.1) is 0 Å².